The number of aryl methyl sites for hydroxylation is 3. The zero-order valence-corrected chi connectivity index (χ0v) is 15.4. The van der Waals surface area contributed by atoms with Crippen molar-refractivity contribution in [2.24, 2.45) is 0 Å². The van der Waals surface area contributed by atoms with Gasteiger partial charge in [-0.25, -0.2) is 15.0 Å². The van der Waals surface area contributed by atoms with Gasteiger partial charge in [0.15, 0.2) is 0 Å². The van der Waals surface area contributed by atoms with E-state index in [0.717, 1.165) is 27.7 Å². The summed E-state index contributed by atoms with van der Waals surface area (Å²) in [6.07, 6.45) is 0. The highest BCUT2D eigenvalue weighted by Crippen LogP contribution is 2.29. The Morgan fingerprint density at radius 3 is 2.37 bits per heavy atom. The molecule has 4 rings (SSSR count). The number of nitrogens with one attached hydrogen (secondary N) is 2. The van der Waals surface area contributed by atoms with Gasteiger partial charge in [-0.3, -0.25) is 15.1 Å². The summed E-state index contributed by atoms with van der Waals surface area (Å²) in [6, 6.07) is 15.6. The molecule has 27 heavy (non-hydrogen) atoms. The zero-order chi connectivity index (χ0) is 19.0. The molecule has 2 N–H and O–H groups in total. The molecule has 0 aliphatic carbocycles. The quantitative estimate of drug-likeness (QED) is 0.578. The molecule has 134 valence electrons. The smallest absolute Gasteiger partial charge is 0.252 e. The SMILES string of the molecule is Cc1cc(=O)[nH]c(Nc2nc(-c3ccccc3)c3cc(C)c(C)cc3n2)n1. The Labute approximate surface area is 156 Å². The van der Waals surface area contributed by atoms with Crippen molar-refractivity contribution in [3.8, 4) is 11.3 Å². The van der Waals surface area contributed by atoms with E-state index in [2.05, 4.69) is 46.2 Å². The minimum Gasteiger partial charge on any atom is -0.294 e. The lowest BCUT2D eigenvalue weighted by Gasteiger charge is -2.12. The van der Waals surface area contributed by atoms with Gasteiger partial charge in [-0.05, 0) is 44.0 Å². The fraction of sp³-hybridized carbons (Fsp3) is 0.143. The lowest BCUT2D eigenvalue weighted by molar-refractivity contribution is 1.05. The van der Waals surface area contributed by atoms with Gasteiger partial charge in [0.25, 0.3) is 5.56 Å². The Bertz CT molecular complexity index is 1200. The number of H-pyrrole nitrogens is 1. The standard InChI is InChI=1S/C21H19N5O/c1-12-9-16-17(10-13(12)2)23-21(25-19(16)15-7-5-4-6-8-15)26-20-22-14(3)11-18(27)24-20/h4-11H,1-3H3,(H2,22,23,24,25,26,27). The molecule has 2 aromatic carbocycles. The second kappa shape index (κ2) is 6.64. The molecule has 6 nitrogen and oxygen atoms in total. The molecule has 6 heteroatoms. The number of hydrogen-bond acceptors (Lipinski definition) is 5. The number of anilines is 2. The van der Waals surface area contributed by atoms with Gasteiger partial charge >= 0.3 is 0 Å². The molecular weight excluding hydrogens is 338 g/mol. The average molecular weight is 357 g/mol. The van der Waals surface area contributed by atoms with Gasteiger partial charge < -0.3 is 0 Å². The van der Waals surface area contributed by atoms with Gasteiger partial charge in [0.1, 0.15) is 0 Å². The van der Waals surface area contributed by atoms with Crippen LogP contribution in [0.25, 0.3) is 22.2 Å². The minimum atomic E-state index is -0.222. The molecule has 0 aliphatic rings. The van der Waals surface area contributed by atoms with Crippen LogP contribution in [0.3, 0.4) is 0 Å². The lowest BCUT2D eigenvalue weighted by atomic mass is 10.0. The molecule has 0 saturated heterocycles. The number of aromatic nitrogens is 4. The minimum absolute atomic E-state index is 0.222. The van der Waals surface area contributed by atoms with Crippen LogP contribution in [-0.2, 0) is 0 Å². The third-order valence-corrected chi connectivity index (χ3v) is 4.46. The number of nitrogens with zero attached hydrogens (tertiary/aromatic N) is 3. The maximum Gasteiger partial charge on any atom is 0.252 e. The molecule has 0 fully saturated rings. The normalized spacial score (nSPS) is 10.9. The third kappa shape index (κ3) is 3.42. The Balaban J connectivity index is 1.91. The molecule has 2 aromatic heterocycles. The van der Waals surface area contributed by atoms with Crippen molar-refractivity contribution in [2.75, 3.05) is 5.32 Å². The molecule has 0 bridgehead atoms. The van der Waals surface area contributed by atoms with Gasteiger partial charge in [0.2, 0.25) is 11.9 Å². The van der Waals surface area contributed by atoms with E-state index >= 15 is 0 Å². The van der Waals surface area contributed by atoms with Gasteiger partial charge in [0.05, 0.1) is 11.2 Å². The number of rotatable bonds is 3. The van der Waals surface area contributed by atoms with Crippen LogP contribution >= 0.6 is 0 Å². The van der Waals surface area contributed by atoms with Crippen LogP contribution in [0.4, 0.5) is 11.9 Å². The first-order chi connectivity index (χ1) is 13.0. The third-order valence-electron chi connectivity index (χ3n) is 4.46. The van der Waals surface area contributed by atoms with E-state index in [1.165, 1.54) is 11.6 Å². The predicted octanol–water partition coefficient (Wildman–Crippen LogP) is 4.05. The lowest BCUT2D eigenvalue weighted by Crippen LogP contribution is -2.12. The van der Waals surface area contributed by atoms with Crippen LogP contribution in [-0.4, -0.2) is 19.9 Å². The highest BCUT2D eigenvalue weighted by molar-refractivity contribution is 5.94. The average Bonchev–Trinajstić information content (AvgIpc) is 2.62. The van der Waals surface area contributed by atoms with Crippen molar-refractivity contribution in [2.45, 2.75) is 20.8 Å². The van der Waals surface area contributed by atoms with Crippen LogP contribution in [0.5, 0.6) is 0 Å². The van der Waals surface area contributed by atoms with Crippen LogP contribution < -0.4 is 10.9 Å². The summed E-state index contributed by atoms with van der Waals surface area (Å²) >= 11 is 0. The van der Waals surface area contributed by atoms with Crippen molar-refractivity contribution >= 4 is 22.8 Å². The summed E-state index contributed by atoms with van der Waals surface area (Å²) in [5.41, 5.74) is 5.42. The van der Waals surface area contributed by atoms with E-state index in [9.17, 15) is 4.79 Å². The molecule has 0 saturated carbocycles. The molecule has 0 aliphatic heterocycles. The monoisotopic (exact) mass is 357 g/mol. The summed E-state index contributed by atoms with van der Waals surface area (Å²) in [5, 5.41) is 4.02. The summed E-state index contributed by atoms with van der Waals surface area (Å²) < 4.78 is 0. The van der Waals surface area contributed by atoms with E-state index < -0.39 is 0 Å². The van der Waals surface area contributed by atoms with Gasteiger partial charge in [-0.1, -0.05) is 30.3 Å². The van der Waals surface area contributed by atoms with Gasteiger partial charge in [-0.2, -0.15) is 0 Å². The van der Waals surface area contributed by atoms with E-state index in [1.807, 2.05) is 30.3 Å². The number of benzene rings is 2. The van der Waals surface area contributed by atoms with Gasteiger partial charge in [0, 0.05) is 22.7 Å². The molecule has 2 heterocycles. The van der Waals surface area contributed by atoms with Crippen LogP contribution in [0.1, 0.15) is 16.8 Å². The van der Waals surface area contributed by atoms with Crippen molar-refractivity contribution in [1.82, 2.24) is 19.9 Å². The number of hydrogen-bond donors (Lipinski definition) is 2. The number of aromatic amines is 1. The van der Waals surface area contributed by atoms with Crippen LogP contribution in [0, 0.1) is 20.8 Å². The Hall–Kier alpha value is -3.54. The fourth-order valence-electron chi connectivity index (χ4n) is 3.00. The first-order valence-corrected chi connectivity index (χ1v) is 8.69. The van der Waals surface area contributed by atoms with Crippen molar-refractivity contribution < 1.29 is 0 Å². The maximum absolute atomic E-state index is 11.7. The number of fused-ring (bicyclic) bond motifs is 1. The summed E-state index contributed by atoms with van der Waals surface area (Å²) in [6.45, 7) is 5.91. The highest BCUT2D eigenvalue weighted by atomic mass is 16.1. The topological polar surface area (TPSA) is 83.6 Å². The second-order valence-corrected chi connectivity index (χ2v) is 6.58. The molecule has 0 unspecified atom stereocenters. The zero-order valence-electron chi connectivity index (χ0n) is 15.4. The van der Waals surface area contributed by atoms with Crippen LogP contribution in [0.2, 0.25) is 0 Å². The van der Waals surface area contributed by atoms with Gasteiger partial charge in [-0.15, -0.1) is 0 Å². The summed E-state index contributed by atoms with van der Waals surface area (Å²) in [4.78, 5) is 28.0. The van der Waals surface area contributed by atoms with Crippen molar-refractivity contribution in [1.29, 1.82) is 0 Å². The van der Waals surface area contributed by atoms with E-state index in [4.69, 9.17) is 4.98 Å². The first kappa shape index (κ1) is 16.9. The highest BCUT2D eigenvalue weighted by Gasteiger charge is 2.12. The fourth-order valence-corrected chi connectivity index (χ4v) is 3.00. The van der Waals surface area contributed by atoms with Crippen molar-refractivity contribution in [3.05, 3.63) is 75.7 Å². The Morgan fingerprint density at radius 2 is 1.63 bits per heavy atom. The molecular formula is C21H19N5O. The van der Waals surface area contributed by atoms with E-state index in [-0.39, 0.29) is 5.56 Å². The molecule has 0 spiro atoms. The Morgan fingerprint density at radius 1 is 0.889 bits per heavy atom. The largest absolute Gasteiger partial charge is 0.294 e. The predicted molar refractivity (Wildman–Crippen MR) is 107 cm³/mol. The molecule has 0 radical (unpaired) electrons. The Kier molecular flexibility index (Phi) is 4.16. The van der Waals surface area contributed by atoms with Crippen LogP contribution in [0.15, 0.2) is 53.3 Å². The van der Waals surface area contributed by atoms with E-state index in [0.29, 0.717) is 17.6 Å². The molecule has 0 atom stereocenters. The van der Waals surface area contributed by atoms with E-state index in [1.54, 1.807) is 6.92 Å². The first-order valence-electron chi connectivity index (χ1n) is 8.69. The summed E-state index contributed by atoms with van der Waals surface area (Å²) in [7, 11) is 0. The van der Waals surface area contributed by atoms with Crippen molar-refractivity contribution in [3.63, 3.8) is 0 Å². The molecule has 4 aromatic rings. The molecule has 0 amide bonds. The maximum atomic E-state index is 11.7. The summed E-state index contributed by atoms with van der Waals surface area (Å²) in [5.74, 6) is 0.709. The second-order valence-electron chi connectivity index (χ2n) is 6.58.